The second-order valence-electron chi connectivity index (χ2n) is 3.75. The lowest BCUT2D eigenvalue weighted by atomic mass is 10.2. The van der Waals surface area contributed by atoms with Crippen LogP contribution in [0.15, 0.2) is 29.3 Å². The molecule has 6 heteroatoms. The first-order valence-corrected chi connectivity index (χ1v) is 6.70. The Morgan fingerprint density at radius 2 is 1.95 bits per heavy atom. The van der Waals surface area contributed by atoms with Crippen LogP contribution in [0.2, 0.25) is 0 Å². The van der Waals surface area contributed by atoms with Crippen molar-refractivity contribution in [3.63, 3.8) is 0 Å². The molecule has 5 nitrogen and oxygen atoms in total. The van der Waals surface area contributed by atoms with E-state index in [-0.39, 0.29) is 6.79 Å². The summed E-state index contributed by atoms with van der Waals surface area (Å²) in [7, 11) is 2.83. The Morgan fingerprint density at radius 1 is 1.30 bits per heavy atom. The van der Waals surface area contributed by atoms with Crippen molar-refractivity contribution in [2.45, 2.75) is 6.42 Å². The van der Waals surface area contributed by atoms with Gasteiger partial charge in [-0.2, -0.15) is 0 Å². The van der Waals surface area contributed by atoms with Gasteiger partial charge in [-0.25, -0.2) is 4.79 Å². The molecule has 0 fully saturated rings. The highest BCUT2D eigenvalue weighted by atomic mass is 79.9. The molecule has 1 aromatic carbocycles. The van der Waals surface area contributed by atoms with Crippen LogP contribution in [-0.2, 0) is 9.47 Å². The van der Waals surface area contributed by atoms with Crippen LogP contribution in [0.5, 0.6) is 11.5 Å². The highest BCUT2D eigenvalue weighted by Crippen LogP contribution is 2.36. The molecule has 1 rings (SSSR count). The van der Waals surface area contributed by atoms with Crippen molar-refractivity contribution < 1.29 is 23.7 Å². The summed E-state index contributed by atoms with van der Waals surface area (Å²) in [5, 5.41) is 0. The number of hydrogen-bond acceptors (Lipinski definition) is 5. The maximum Gasteiger partial charge on any atom is 0.338 e. The van der Waals surface area contributed by atoms with E-state index in [1.807, 2.05) is 0 Å². The molecule has 0 saturated heterocycles. The van der Waals surface area contributed by atoms with E-state index < -0.39 is 5.97 Å². The number of benzene rings is 1. The van der Waals surface area contributed by atoms with E-state index in [1.165, 1.54) is 14.2 Å². The fraction of sp³-hybridized carbons (Fsp3) is 0.357. The van der Waals surface area contributed by atoms with Gasteiger partial charge in [0.15, 0.2) is 6.79 Å². The van der Waals surface area contributed by atoms with Gasteiger partial charge in [-0.15, -0.1) is 6.58 Å². The first kappa shape index (κ1) is 16.5. The zero-order valence-corrected chi connectivity index (χ0v) is 13.1. The molecule has 0 atom stereocenters. The van der Waals surface area contributed by atoms with E-state index in [1.54, 1.807) is 18.2 Å². The molecule has 20 heavy (non-hydrogen) atoms. The summed E-state index contributed by atoms with van der Waals surface area (Å²) in [6.45, 7) is 4.14. The molecule has 0 saturated carbocycles. The minimum absolute atomic E-state index is 0.0648. The molecule has 0 aliphatic heterocycles. The summed E-state index contributed by atoms with van der Waals surface area (Å²) in [6.07, 6.45) is 2.45. The van der Waals surface area contributed by atoms with Crippen molar-refractivity contribution in [1.29, 1.82) is 0 Å². The average molecular weight is 345 g/mol. The minimum Gasteiger partial charge on any atom is -0.492 e. The predicted octanol–water partition coefficient (Wildman–Crippen LogP) is 3.17. The lowest BCUT2D eigenvalue weighted by molar-refractivity contribution is 0.0496. The Balaban J connectivity index is 3.05. The molecule has 1 aromatic rings. The Labute approximate surface area is 126 Å². The number of carbonyl (C=O) groups excluding carboxylic acids is 1. The largest absolute Gasteiger partial charge is 0.492 e. The zero-order valence-electron chi connectivity index (χ0n) is 11.5. The Bertz CT molecular complexity index is 473. The van der Waals surface area contributed by atoms with Crippen LogP contribution >= 0.6 is 15.9 Å². The highest BCUT2D eigenvalue weighted by Gasteiger charge is 2.16. The van der Waals surface area contributed by atoms with Crippen LogP contribution in [0.25, 0.3) is 0 Å². The van der Waals surface area contributed by atoms with E-state index in [0.29, 0.717) is 34.6 Å². The highest BCUT2D eigenvalue weighted by molar-refractivity contribution is 9.10. The number of halogens is 1. The van der Waals surface area contributed by atoms with Gasteiger partial charge in [0.05, 0.1) is 19.3 Å². The van der Waals surface area contributed by atoms with E-state index in [4.69, 9.17) is 18.9 Å². The lowest BCUT2D eigenvalue weighted by Crippen LogP contribution is -2.06. The van der Waals surface area contributed by atoms with Crippen LogP contribution < -0.4 is 9.47 Å². The number of methoxy groups -OCH3 is 2. The lowest BCUT2D eigenvalue weighted by Gasteiger charge is -2.13. The van der Waals surface area contributed by atoms with Crippen molar-refractivity contribution >= 4 is 21.9 Å². The van der Waals surface area contributed by atoms with Crippen molar-refractivity contribution in [2.75, 3.05) is 27.6 Å². The summed E-state index contributed by atoms with van der Waals surface area (Å²) < 4.78 is 21.2. The second kappa shape index (κ2) is 8.60. The van der Waals surface area contributed by atoms with Crippen molar-refractivity contribution in [3.05, 3.63) is 34.8 Å². The van der Waals surface area contributed by atoms with Gasteiger partial charge in [-0.1, -0.05) is 6.08 Å². The molecule has 0 bridgehead atoms. The molecule has 0 aromatic heterocycles. The number of hydrogen-bond donors (Lipinski definition) is 0. The Kier molecular flexibility index (Phi) is 7.11. The minimum atomic E-state index is -0.465. The fourth-order valence-corrected chi connectivity index (χ4v) is 1.85. The van der Waals surface area contributed by atoms with E-state index in [2.05, 4.69) is 22.5 Å². The summed E-state index contributed by atoms with van der Waals surface area (Å²) in [4.78, 5) is 11.6. The van der Waals surface area contributed by atoms with Crippen molar-refractivity contribution in [3.8, 4) is 11.5 Å². The quantitative estimate of drug-likeness (QED) is 0.314. The summed E-state index contributed by atoms with van der Waals surface area (Å²) in [5.41, 5.74) is 0.343. The predicted molar refractivity (Wildman–Crippen MR) is 78.3 cm³/mol. The van der Waals surface area contributed by atoms with E-state index >= 15 is 0 Å². The topological polar surface area (TPSA) is 54.0 Å². The number of ether oxygens (including phenoxy) is 4. The second-order valence-corrected chi connectivity index (χ2v) is 4.55. The number of esters is 1. The molecule has 0 unspecified atom stereocenters. The van der Waals surface area contributed by atoms with Gasteiger partial charge in [0.1, 0.15) is 16.0 Å². The molecule has 0 aliphatic rings. The van der Waals surface area contributed by atoms with Crippen molar-refractivity contribution in [2.24, 2.45) is 0 Å². The smallest absolute Gasteiger partial charge is 0.338 e. The monoisotopic (exact) mass is 344 g/mol. The first-order chi connectivity index (χ1) is 9.63. The van der Waals surface area contributed by atoms with Crippen LogP contribution in [0.3, 0.4) is 0 Å². The van der Waals surface area contributed by atoms with Gasteiger partial charge in [0.25, 0.3) is 0 Å². The molecule has 0 aliphatic carbocycles. The third-order valence-electron chi connectivity index (χ3n) is 2.34. The van der Waals surface area contributed by atoms with Crippen LogP contribution in [-0.4, -0.2) is 33.6 Å². The number of carbonyl (C=O) groups is 1. The van der Waals surface area contributed by atoms with Crippen LogP contribution in [0.4, 0.5) is 0 Å². The fourth-order valence-electron chi connectivity index (χ4n) is 1.39. The summed E-state index contributed by atoms with van der Waals surface area (Å²) in [6, 6.07) is 3.16. The molecule has 0 N–H and O–H groups in total. The maximum atomic E-state index is 11.6. The van der Waals surface area contributed by atoms with Crippen LogP contribution in [0.1, 0.15) is 16.8 Å². The molecular weight excluding hydrogens is 328 g/mol. The summed E-state index contributed by atoms with van der Waals surface area (Å²) in [5.74, 6) is 0.484. The Hall–Kier alpha value is -1.53. The molecule has 0 spiro atoms. The van der Waals surface area contributed by atoms with Gasteiger partial charge in [-0.05, 0) is 34.5 Å². The summed E-state index contributed by atoms with van der Waals surface area (Å²) >= 11 is 3.39. The average Bonchev–Trinajstić information content (AvgIpc) is 2.47. The third kappa shape index (κ3) is 4.54. The van der Waals surface area contributed by atoms with Gasteiger partial charge in [0.2, 0.25) is 0 Å². The molecule has 110 valence electrons. The third-order valence-corrected chi connectivity index (χ3v) is 3.12. The van der Waals surface area contributed by atoms with Crippen molar-refractivity contribution in [1.82, 2.24) is 0 Å². The standard InChI is InChI=1S/C14H17BrO5/c1-4-5-6-19-11-7-10(14(16)18-3)8-12(13(11)15)20-9-17-2/h4,7-8H,1,5-6,9H2,2-3H3. The first-order valence-electron chi connectivity index (χ1n) is 5.91. The van der Waals surface area contributed by atoms with Gasteiger partial charge in [-0.3, -0.25) is 0 Å². The molecule has 0 heterocycles. The normalized spacial score (nSPS) is 9.95. The van der Waals surface area contributed by atoms with Crippen LogP contribution in [0, 0.1) is 0 Å². The molecule has 0 amide bonds. The van der Waals surface area contributed by atoms with Gasteiger partial charge >= 0.3 is 5.97 Å². The Morgan fingerprint density at radius 3 is 2.50 bits per heavy atom. The SMILES string of the molecule is C=CCCOc1cc(C(=O)OC)cc(OCOC)c1Br. The van der Waals surface area contributed by atoms with E-state index in [0.717, 1.165) is 0 Å². The molecule has 0 radical (unpaired) electrons. The number of rotatable bonds is 8. The zero-order chi connectivity index (χ0) is 15.0. The molecular formula is C14H17BrO5. The van der Waals surface area contributed by atoms with E-state index in [9.17, 15) is 4.79 Å². The van der Waals surface area contributed by atoms with Gasteiger partial charge < -0.3 is 18.9 Å². The van der Waals surface area contributed by atoms with Gasteiger partial charge in [0, 0.05) is 7.11 Å². The maximum absolute atomic E-state index is 11.6.